The minimum absolute atomic E-state index is 1.17. The highest BCUT2D eigenvalue weighted by Crippen LogP contribution is 2.42. The van der Waals surface area contributed by atoms with Gasteiger partial charge < -0.3 is 9.13 Å². The van der Waals surface area contributed by atoms with Crippen molar-refractivity contribution in [3.63, 3.8) is 0 Å². The van der Waals surface area contributed by atoms with E-state index in [0.29, 0.717) is 0 Å². The number of nitrogens with zero attached hydrogens (tertiary/aromatic N) is 2. The van der Waals surface area contributed by atoms with Gasteiger partial charge in [-0.15, -0.1) is 0 Å². The van der Waals surface area contributed by atoms with Crippen molar-refractivity contribution in [2.45, 2.75) is 0 Å². The summed E-state index contributed by atoms with van der Waals surface area (Å²) in [5.41, 5.74) is 9.68. The predicted molar refractivity (Wildman–Crippen MR) is 161 cm³/mol. The van der Waals surface area contributed by atoms with Gasteiger partial charge in [0.2, 0.25) is 0 Å². The molecule has 0 aliphatic rings. The van der Waals surface area contributed by atoms with E-state index in [0.717, 1.165) is 0 Å². The van der Waals surface area contributed by atoms with E-state index < -0.39 is 0 Å². The van der Waals surface area contributed by atoms with E-state index in [1.165, 1.54) is 66.1 Å². The van der Waals surface area contributed by atoms with Gasteiger partial charge in [-0.05, 0) is 53.6 Å². The van der Waals surface area contributed by atoms with Crippen molar-refractivity contribution < 1.29 is 0 Å². The van der Waals surface area contributed by atoms with Crippen LogP contribution in [0.4, 0.5) is 0 Å². The van der Waals surface area contributed by atoms with Crippen molar-refractivity contribution in [1.82, 2.24) is 9.13 Å². The van der Waals surface area contributed by atoms with Crippen LogP contribution in [0.2, 0.25) is 0 Å². The summed E-state index contributed by atoms with van der Waals surface area (Å²) < 4.78 is 4.85. The maximum Gasteiger partial charge on any atom is 0.0641 e. The molecule has 0 bridgehead atoms. The Bertz CT molecular complexity index is 2110. The van der Waals surface area contributed by atoms with Crippen LogP contribution in [0.1, 0.15) is 0 Å². The Morgan fingerprint density at radius 2 is 0.947 bits per heavy atom. The first-order chi connectivity index (χ1) is 18.9. The first-order valence-electron chi connectivity index (χ1n) is 13.0. The van der Waals surface area contributed by atoms with Crippen LogP contribution in [0.25, 0.3) is 66.1 Å². The van der Waals surface area contributed by atoms with Gasteiger partial charge in [0, 0.05) is 32.9 Å². The lowest BCUT2D eigenvalue weighted by Gasteiger charge is -2.12. The Balaban J connectivity index is 1.55. The lowest BCUT2D eigenvalue weighted by atomic mass is 10.0. The smallest absolute Gasteiger partial charge is 0.0641 e. The summed E-state index contributed by atoms with van der Waals surface area (Å²) in [5, 5.41) is 5.09. The predicted octanol–water partition coefficient (Wildman–Crippen LogP) is 9.55. The third-order valence-corrected chi connectivity index (χ3v) is 7.70. The Labute approximate surface area is 220 Å². The van der Waals surface area contributed by atoms with Gasteiger partial charge >= 0.3 is 0 Å². The van der Waals surface area contributed by atoms with Crippen LogP contribution in [0.3, 0.4) is 0 Å². The molecule has 0 aliphatic heterocycles. The molecule has 0 radical (unpaired) electrons. The largest absolute Gasteiger partial charge is 0.309 e. The Hall–Kier alpha value is -5.08. The fourth-order valence-electron chi connectivity index (χ4n) is 6.09. The average molecular weight is 485 g/mol. The molecule has 0 fully saturated rings. The second-order valence-corrected chi connectivity index (χ2v) is 9.81. The van der Waals surface area contributed by atoms with Gasteiger partial charge in [0.25, 0.3) is 0 Å². The summed E-state index contributed by atoms with van der Waals surface area (Å²) in [6, 6.07) is 52.4. The van der Waals surface area contributed by atoms with E-state index in [9.17, 15) is 0 Å². The van der Waals surface area contributed by atoms with Gasteiger partial charge in [-0.1, -0.05) is 103 Å². The molecule has 0 saturated carbocycles. The standard InChI is InChI=1S/C36H24N2/c1-3-12-25(13-4-1)26-14-11-17-28(24-26)38-32-20-9-7-18-29(32)30-22-23-34-35(36(30)38)31-19-8-10-21-33(31)37(34)27-15-5-2-6-16-27/h1-24H. The van der Waals surface area contributed by atoms with Gasteiger partial charge in [-0.3, -0.25) is 0 Å². The summed E-state index contributed by atoms with van der Waals surface area (Å²) in [7, 11) is 0. The fourth-order valence-corrected chi connectivity index (χ4v) is 6.09. The summed E-state index contributed by atoms with van der Waals surface area (Å²) in [4.78, 5) is 0. The minimum atomic E-state index is 1.17. The van der Waals surface area contributed by atoms with Crippen molar-refractivity contribution in [2.75, 3.05) is 0 Å². The molecule has 8 aromatic rings. The van der Waals surface area contributed by atoms with Crippen LogP contribution in [-0.4, -0.2) is 9.13 Å². The molecule has 0 spiro atoms. The van der Waals surface area contributed by atoms with Crippen molar-refractivity contribution in [3.8, 4) is 22.5 Å². The second kappa shape index (κ2) is 8.22. The van der Waals surface area contributed by atoms with E-state index >= 15 is 0 Å². The Kier molecular flexibility index (Phi) is 4.55. The zero-order valence-electron chi connectivity index (χ0n) is 20.8. The van der Waals surface area contributed by atoms with E-state index in [1.807, 2.05) is 0 Å². The summed E-state index contributed by atoms with van der Waals surface area (Å²) in [6.07, 6.45) is 0. The van der Waals surface area contributed by atoms with Crippen LogP contribution in [-0.2, 0) is 0 Å². The van der Waals surface area contributed by atoms with Gasteiger partial charge in [0.05, 0.1) is 22.1 Å². The minimum Gasteiger partial charge on any atom is -0.309 e. The van der Waals surface area contributed by atoms with Gasteiger partial charge in [0.15, 0.2) is 0 Å². The molecule has 8 rings (SSSR count). The molecule has 2 heterocycles. The van der Waals surface area contributed by atoms with Crippen LogP contribution >= 0.6 is 0 Å². The van der Waals surface area contributed by atoms with E-state index in [1.54, 1.807) is 0 Å². The number of hydrogen-bond acceptors (Lipinski definition) is 0. The first-order valence-corrected chi connectivity index (χ1v) is 13.0. The molecule has 0 amide bonds. The topological polar surface area (TPSA) is 9.86 Å². The van der Waals surface area contributed by atoms with E-state index in [4.69, 9.17) is 0 Å². The number of para-hydroxylation sites is 3. The molecule has 0 unspecified atom stereocenters. The third-order valence-electron chi connectivity index (χ3n) is 7.70. The highest BCUT2D eigenvalue weighted by molar-refractivity contribution is 6.26. The second-order valence-electron chi connectivity index (χ2n) is 9.81. The summed E-state index contributed by atoms with van der Waals surface area (Å²) >= 11 is 0. The first kappa shape index (κ1) is 21.0. The van der Waals surface area contributed by atoms with Crippen molar-refractivity contribution >= 4 is 43.6 Å². The molecule has 178 valence electrons. The van der Waals surface area contributed by atoms with Crippen LogP contribution < -0.4 is 0 Å². The van der Waals surface area contributed by atoms with Gasteiger partial charge in [0.1, 0.15) is 0 Å². The van der Waals surface area contributed by atoms with Crippen molar-refractivity contribution in [1.29, 1.82) is 0 Å². The molecule has 2 nitrogen and oxygen atoms in total. The molecule has 6 aromatic carbocycles. The normalized spacial score (nSPS) is 11.7. The summed E-state index contributed by atoms with van der Waals surface area (Å²) in [6.45, 7) is 0. The van der Waals surface area contributed by atoms with Crippen molar-refractivity contribution in [2.24, 2.45) is 0 Å². The number of aromatic nitrogens is 2. The fraction of sp³-hybridized carbons (Fsp3) is 0. The average Bonchev–Trinajstić information content (AvgIpc) is 3.51. The Morgan fingerprint density at radius 3 is 1.74 bits per heavy atom. The molecule has 0 N–H and O–H groups in total. The molecule has 0 saturated heterocycles. The number of fused-ring (bicyclic) bond motifs is 7. The SMILES string of the molecule is c1ccc(-c2cccc(-n3c4ccccc4c4ccc5c(c6ccccc6n5-c5ccccc5)c43)c2)cc1. The molecule has 38 heavy (non-hydrogen) atoms. The van der Waals surface area contributed by atoms with E-state index in [2.05, 4.69) is 155 Å². The lowest BCUT2D eigenvalue weighted by molar-refractivity contribution is 1.17. The van der Waals surface area contributed by atoms with Crippen LogP contribution in [0.15, 0.2) is 146 Å². The highest BCUT2D eigenvalue weighted by Gasteiger charge is 2.20. The summed E-state index contributed by atoms with van der Waals surface area (Å²) in [5.74, 6) is 0. The lowest BCUT2D eigenvalue weighted by Crippen LogP contribution is -1.95. The number of benzene rings is 6. The molecular weight excluding hydrogens is 460 g/mol. The van der Waals surface area contributed by atoms with Crippen molar-refractivity contribution in [3.05, 3.63) is 146 Å². The molecule has 2 aromatic heterocycles. The van der Waals surface area contributed by atoms with E-state index in [-0.39, 0.29) is 0 Å². The number of rotatable bonds is 3. The third kappa shape index (κ3) is 3.01. The molecule has 0 atom stereocenters. The number of hydrogen-bond donors (Lipinski definition) is 0. The maximum absolute atomic E-state index is 2.46. The van der Waals surface area contributed by atoms with Gasteiger partial charge in [-0.2, -0.15) is 0 Å². The van der Waals surface area contributed by atoms with Gasteiger partial charge in [-0.25, -0.2) is 0 Å². The molecular formula is C36H24N2. The zero-order valence-corrected chi connectivity index (χ0v) is 20.8. The highest BCUT2D eigenvalue weighted by atomic mass is 15.0. The zero-order chi connectivity index (χ0) is 25.1. The quantitative estimate of drug-likeness (QED) is 0.236. The molecule has 0 aliphatic carbocycles. The monoisotopic (exact) mass is 484 g/mol. The Morgan fingerprint density at radius 1 is 0.342 bits per heavy atom. The van der Waals surface area contributed by atoms with Crippen LogP contribution in [0, 0.1) is 0 Å². The maximum atomic E-state index is 2.46. The molecule has 2 heteroatoms. The van der Waals surface area contributed by atoms with Crippen LogP contribution in [0.5, 0.6) is 0 Å².